The molecule has 9 heteroatoms. The molecule has 0 fully saturated rings. The average molecular weight is 511 g/mol. The number of carbonyl (C=O) groups is 2. The first-order valence-corrected chi connectivity index (χ1v) is 12.6. The van der Waals surface area contributed by atoms with E-state index in [1.165, 1.54) is 17.4 Å². The molecule has 1 atom stereocenters. The molecule has 5 rings (SSSR count). The highest BCUT2D eigenvalue weighted by Gasteiger charge is 2.25. The van der Waals surface area contributed by atoms with Gasteiger partial charge in [-0.25, -0.2) is 4.98 Å². The molecule has 0 radical (unpaired) electrons. The lowest BCUT2D eigenvalue weighted by molar-refractivity contribution is -0.111. The van der Waals surface area contributed by atoms with Crippen molar-refractivity contribution < 1.29 is 9.59 Å². The van der Waals surface area contributed by atoms with Crippen LogP contribution in [0.25, 0.3) is 21.0 Å². The number of anilines is 4. The number of hydrogen-bond acceptors (Lipinski definition) is 7. The van der Waals surface area contributed by atoms with Gasteiger partial charge in [-0.15, -0.1) is 17.8 Å². The summed E-state index contributed by atoms with van der Waals surface area (Å²) >= 11 is 1.44. The SMILES string of the molecule is C#CC1CNc2c(sc3ccc4nc(Nc5ccccc5NC(=O)C=CCN(C)C)ccc4c23)C(=O)N1. The molecule has 1 aliphatic heterocycles. The number of nitrogens with zero attached hydrogens (tertiary/aromatic N) is 2. The number of para-hydroxylation sites is 2. The number of nitrogens with one attached hydrogen (secondary N) is 4. The maximum Gasteiger partial charge on any atom is 0.264 e. The molecular weight excluding hydrogens is 484 g/mol. The summed E-state index contributed by atoms with van der Waals surface area (Å²) < 4.78 is 0.997. The summed E-state index contributed by atoms with van der Waals surface area (Å²) in [7, 11) is 3.89. The van der Waals surface area contributed by atoms with Crippen molar-refractivity contribution in [1.29, 1.82) is 0 Å². The number of carbonyl (C=O) groups excluding carboxylic acids is 2. The smallest absolute Gasteiger partial charge is 0.264 e. The third-order valence-corrected chi connectivity index (χ3v) is 7.06. The maximum absolute atomic E-state index is 12.7. The lowest BCUT2D eigenvalue weighted by Crippen LogP contribution is -2.35. The van der Waals surface area contributed by atoms with Crippen molar-refractivity contribution in [2.24, 2.45) is 0 Å². The van der Waals surface area contributed by atoms with Crippen LogP contribution in [0.4, 0.5) is 22.9 Å². The third kappa shape index (κ3) is 5.11. The van der Waals surface area contributed by atoms with Gasteiger partial charge in [0.25, 0.3) is 5.91 Å². The van der Waals surface area contributed by atoms with Crippen molar-refractivity contribution >= 4 is 67.0 Å². The van der Waals surface area contributed by atoms with E-state index in [0.29, 0.717) is 29.5 Å². The Labute approximate surface area is 218 Å². The Morgan fingerprint density at radius 2 is 2.03 bits per heavy atom. The summed E-state index contributed by atoms with van der Waals surface area (Å²) in [6, 6.07) is 14.9. The Kier molecular flexibility index (Phi) is 6.77. The van der Waals surface area contributed by atoms with Crippen LogP contribution in [-0.2, 0) is 4.79 Å². The van der Waals surface area contributed by atoms with E-state index in [2.05, 4.69) is 27.2 Å². The zero-order valence-electron chi connectivity index (χ0n) is 20.5. The predicted molar refractivity (Wildman–Crippen MR) is 152 cm³/mol. The van der Waals surface area contributed by atoms with Crippen molar-refractivity contribution in [2.45, 2.75) is 6.04 Å². The summed E-state index contributed by atoms with van der Waals surface area (Å²) in [6.07, 6.45) is 8.89. The maximum atomic E-state index is 12.7. The van der Waals surface area contributed by atoms with Crippen LogP contribution in [0, 0.1) is 12.3 Å². The lowest BCUT2D eigenvalue weighted by atomic mass is 10.1. The van der Waals surface area contributed by atoms with E-state index in [9.17, 15) is 9.59 Å². The van der Waals surface area contributed by atoms with Gasteiger partial charge in [0.1, 0.15) is 16.7 Å². The number of rotatable bonds is 6. The molecule has 2 aromatic heterocycles. The van der Waals surface area contributed by atoms with E-state index in [4.69, 9.17) is 11.4 Å². The van der Waals surface area contributed by atoms with Gasteiger partial charge in [0.05, 0.1) is 22.6 Å². The normalized spacial score (nSPS) is 15.2. The highest BCUT2D eigenvalue weighted by molar-refractivity contribution is 7.21. The zero-order valence-corrected chi connectivity index (χ0v) is 21.3. The molecule has 0 spiro atoms. The summed E-state index contributed by atoms with van der Waals surface area (Å²) in [5, 5.41) is 14.4. The second-order valence-corrected chi connectivity index (χ2v) is 9.96. The Morgan fingerprint density at radius 3 is 2.81 bits per heavy atom. The van der Waals surface area contributed by atoms with Gasteiger partial charge in [0, 0.05) is 34.6 Å². The van der Waals surface area contributed by atoms with E-state index in [0.717, 1.165) is 32.4 Å². The standard InChI is InChI=1S/C28H26N6O2S/c1-4-17-16-29-26-25-18-11-14-23(31-19(18)12-13-22(25)37-27(26)28(36)30-17)32-20-8-5-6-9-21(20)33-24(35)10-7-15-34(2)3/h1,5-14,17,29H,15-16H2,2-3H3,(H,30,36)(H,31,32)(H,33,35). The van der Waals surface area contributed by atoms with Crippen molar-refractivity contribution in [3.63, 3.8) is 0 Å². The van der Waals surface area contributed by atoms with Crippen LogP contribution < -0.4 is 21.3 Å². The van der Waals surface area contributed by atoms with Crippen LogP contribution in [-0.4, -0.2) is 54.9 Å². The van der Waals surface area contributed by atoms with Crippen LogP contribution in [0.15, 0.2) is 60.7 Å². The number of benzene rings is 2. The molecule has 0 saturated heterocycles. The number of aromatic nitrogens is 1. The van der Waals surface area contributed by atoms with Crippen LogP contribution in [0.2, 0.25) is 0 Å². The molecule has 186 valence electrons. The first-order valence-electron chi connectivity index (χ1n) is 11.8. The summed E-state index contributed by atoms with van der Waals surface area (Å²) in [6.45, 7) is 1.14. The van der Waals surface area contributed by atoms with Gasteiger partial charge >= 0.3 is 0 Å². The number of terminal acetylenes is 1. The molecular formula is C28H26N6O2S. The molecule has 4 aromatic rings. The molecule has 2 aromatic carbocycles. The Balaban J connectivity index is 1.44. The van der Waals surface area contributed by atoms with Crippen molar-refractivity contribution in [3.05, 3.63) is 65.6 Å². The fourth-order valence-corrected chi connectivity index (χ4v) is 5.26. The monoisotopic (exact) mass is 510 g/mol. The van der Waals surface area contributed by atoms with Gasteiger partial charge < -0.3 is 26.2 Å². The van der Waals surface area contributed by atoms with Crippen molar-refractivity contribution in [1.82, 2.24) is 15.2 Å². The third-order valence-electron chi connectivity index (χ3n) is 5.91. The molecule has 3 heterocycles. The highest BCUT2D eigenvalue weighted by atomic mass is 32.1. The van der Waals surface area contributed by atoms with Crippen molar-refractivity contribution in [3.8, 4) is 12.3 Å². The number of hydrogen-bond donors (Lipinski definition) is 4. The number of pyridine rings is 1. The van der Waals surface area contributed by atoms with E-state index >= 15 is 0 Å². The Bertz CT molecular complexity index is 1580. The Morgan fingerprint density at radius 1 is 1.22 bits per heavy atom. The first kappa shape index (κ1) is 24.3. The summed E-state index contributed by atoms with van der Waals surface area (Å²) in [4.78, 5) is 32.5. The van der Waals surface area contributed by atoms with Crippen LogP contribution >= 0.6 is 11.3 Å². The number of likely N-dealkylation sites (N-methyl/N-ethyl adjacent to an activating group) is 1. The molecule has 8 nitrogen and oxygen atoms in total. The lowest BCUT2D eigenvalue weighted by Gasteiger charge is -2.13. The fourth-order valence-electron chi connectivity index (χ4n) is 4.16. The Hall–Kier alpha value is -4.39. The second-order valence-electron chi connectivity index (χ2n) is 8.91. The molecule has 37 heavy (non-hydrogen) atoms. The van der Waals surface area contributed by atoms with Gasteiger partial charge in [-0.3, -0.25) is 9.59 Å². The van der Waals surface area contributed by atoms with Crippen molar-refractivity contribution in [2.75, 3.05) is 43.1 Å². The predicted octanol–water partition coefficient (Wildman–Crippen LogP) is 4.41. The number of thiophene rings is 1. The molecule has 2 amide bonds. The second kappa shape index (κ2) is 10.3. The zero-order chi connectivity index (χ0) is 25.9. The minimum absolute atomic E-state index is 0.168. The summed E-state index contributed by atoms with van der Waals surface area (Å²) in [5.41, 5.74) is 2.96. The fraction of sp³-hybridized carbons (Fsp3) is 0.179. The average Bonchev–Trinajstić information content (AvgIpc) is 3.18. The quantitative estimate of drug-likeness (QED) is 0.227. The minimum Gasteiger partial charge on any atom is -0.380 e. The molecule has 1 unspecified atom stereocenters. The number of fused-ring (bicyclic) bond motifs is 5. The van der Waals surface area contributed by atoms with Crippen LogP contribution in [0.3, 0.4) is 0 Å². The van der Waals surface area contributed by atoms with Gasteiger partial charge in [0.2, 0.25) is 5.91 Å². The highest BCUT2D eigenvalue weighted by Crippen LogP contribution is 2.41. The number of amides is 2. The van der Waals surface area contributed by atoms with E-state index in [1.807, 2.05) is 73.6 Å². The van der Waals surface area contributed by atoms with Gasteiger partial charge in [-0.05, 0) is 50.5 Å². The molecule has 0 aliphatic carbocycles. The summed E-state index contributed by atoms with van der Waals surface area (Å²) in [5.74, 6) is 2.87. The van der Waals surface area contributed by atoms with Gasteiger partial charge in [0.15, 0.2) is 0 Å². The topological polar surface area (TPSA) is 98.4 Å². The van der Waals surface area contributed by atoms with Gasteiger partial charge in [-0.1, -0.05) is 24.1 Å². The largest absolute Gasteiger partial charge is 0.380 e. The van der Waals surface area contributed by atoms with Crippen LogP contribution in [0.1, 0.15) is 9.67 Å². The molecule has 1 aliphatic rings. The molecule has 0 bridgehead atoms. The van der Waals surface area contributed by atoms with E-state index in [-0.39, 0.29) is 17.9 Å². The van der Waals surface area contributed by atoms with Crippen LogP contribution in [0.5, 0.6) is 0 Å². The van der Waals surface area contributed by atoms with E-state index < -0.39 is 0 Å². The molecule has 4 N–H and O–H groups in total. The van der Waals surface area contributed by atoms with Gasteiger partial charge in [-0.2, -0.15) is 0 Å². The molecule has 0 saturated carbocycles. The first-order chi connectivity index (χ1) is 17.9. The minimum atomic E-state index is -0.366. The van der Waals surface area contributed by atoms with E-state index in [1.54, 1.807) is 0 Å².